The fourth-order valence-corrected chi connectivity index (χ4v) is 3.03. The van der Waals surface area contributed by atoms with Crippen LogP contribution in [0.5, 0.6) is 0 Å². The smallest absolute Gasteiger partial charge is 0.293 e. The van der Waals surface area contributed by atoms with Gasteiger partial charge in [0.25, 0.3) is 5.56 Å². The van der Waals surface area contributed by atoms with Gasteiger partial charge in [-0.05, 0) is 25.0 Å². The summed E-state index contributed by atoms with van der Waals surface area (Å²) in [6.07, 6.45) is 7.54. The SMILES string of the molecule is Nc1ccc(N2CCN(c3nccn(C4CC4)c3=O)CC2)cn1. The Kier molecular flexibility index (Phi) is 3.40. The molecule has 0 amide bonds. The number of piperazine rings is 1. The van der Waals surface area contributed by atoms with Crippen molar-refractivity contribution < 1.29 is 0 Å². The zero-order valence-corrected chi connectivity index (χ0v) is 12.9. The molecular formula is C16H20N6O. The van der Waals surface area contributed by atoms with Crippen LogP contribution in [0, 0.1) is 0 Å². The lowest BCUT2D eigenvalue weighted by Gasteiger charge is -2.36. The van der Waals surface area contributed by atoms with Crippen LogP contribution in [-0.4, -0.2) is 40.7 Å². The quantitative estimate of drug-likeness (QED) is 0.906. The maximum atomic E-state index is 12.6. The van der Waals surface area contributed by atoms with Crippen molar-refractivity contribution in [1.29, 1.82) is 0 Å². The van der Waals surface area contributed by atoms with Gasteiger partial charge < -0.3 is 20.1 Å². The molecule has 0 aromatic carbocycles. The second-order valence-corrected chi connectivity index (χ2v) is 6.11. The summed E-state index contributed by atoms with van der Waals surface area (Å²) >= 11 is 0. The van der Waals surface area contributed by atoms with Crippen molar-refractivity contribution in [2.75, 3.05) is 41.7 Å². The molecule has 120 valence electrons. The van der Waals surface area contributed by atoms with Crippen LogP contribution in [-0.2, 0) is 0 Å². The van der Waals surface area contributed by atoms with E-state index in [1.807, 2.05) is 16.7 Å². The van der Waals surface area contributed by atoms with Gasteiger partial charge in [0.15, 0.2) is 5.82 Å². The van der Waals surface area contributed by atoms with E-state index in [2.05, 4.69) is 19.8 Å². The molecule has 4 rings (SSSR count). The van der Waals surface area contributed by atoms with Gasteiger partial charge in [-0.2, -0.15) is 0 Å². The van der Waals surface area contributed by atoms with Crippen LogP contribution in [0.4, 0.5) is 17.3 Å². The number of pyridine rings is 1. The van der Waals surface area contributed by atoms with E-state index in [1.165, 1.54) is 0 Å². The van der Waals surface area contributed by atoms with Gasteiger partial charge in [0.05, 0.1) is 11.9 Å². The molecule has 0 bridgehead atoms. The Labute approximate surface area is 134 Å². The minimum Gasteiger partial charge on any atom is -0.384 e. The van der Waals surface area contributed by atoms with Gasteiger partial charge in [0.1, 0.15) is 5.82 Å². The van der Waals surface area contributed by atoms with E-state index >= 15 is 0 Å². The third-order valence-corrected chi connectivity index (χ3v) is 4.51. The highest BCUT2D eigenvalue weighted by Crippen LogP contribution is 2.33. The van der Waals surface area contributed by atoms with Gasteiger partial charge >= 0.3 is 0 Å². The van der Waals surface area contributed by atoms with E-state index in [-0.39, 0.29) is 5.56 Å². The average Bonchev–Trinajstić information content (AvgIpc) is 3.41. The van der Waals surface area contributed by atoms with Crippen LogP contribution in [0.1, 0.15) is 18.9 Å². The van der Waals surface area contributed by atoms with Crippen LogP contribution < -0.4 is 21.1 Å². The number of rotatable bonds is 3. The average molecular weight is 312 g/mol. The number of anilines is 3. The molecule has 0 atom stereocenters. The van der Waals surface area contributed by atoms with Crippen LogP contribution in [0.25, 0.3) is 0 Å². The Morgan fingerprint density at radius 1 is 1.04 bits per heavy atom. The number of nitrogen functional groups attached to an aromatic ring is 1. The van der Waals surface area contributed by atoms with Crippen molar-refractivity contribution in [1.82, 2.24) is 14.5 Å². The zero-order chi connectivity index (χ0) is 15.8. The summed E-state index contributed by atoms with van der Waals surface area (Å²) in [6, 6.07) is 4.18. The standard InChI is InChI=1S/C16H20N6O/c17-14-4-3-13(11-19-14)20-7-9-21(10-8-20)15-16(23)22(6-5-18-15)12-1-2-12/h3-6,11-12H,1-2,7-10H2,(H2,17,19). The normalized spacial score (nSPS) is 18.3. The highest BCUT2D eigenvalue weighted by molar-refractivity contribution is 5.50. The molecule has 1 saturated heterocycles. The number of aromatic nitrogens is 3. The lowest BCUT2D eigenvalue weighted by Crippen LogP contribution is -2.48. The number of hydrogen-bond acceptors (Lipinski definition) is 6. The first-order valence-electron chi connectivity index (χ1n) is 8.01. The summed E-state index contributed by atoms with van der Waals surface area (Å²) in [5.41, 5.74) is 6.74. The third-order valence-electron chi connectivity index (χ3n) is 4.51. The fourth-order valence-electron chi connectivity index (χ4n) is 3.03. The van der Waals surface area contributed by atoms with E-state index in [1.54, 1.807) is 18.6 Å². The van der Waals surface area contributed by atoms with Gasteiger partial charge in [-0.15, -0.1) is 0 Å². The molecule has 7 heteroatoms. The van der Waals surface area contributed by atoms with E-state index in [4.69, 9.17) is 5.73 Å². The largest absolute Gasteiger partial charge is 0.384 e. The summed E-state index contributed by atoms with van der Waals surface area (Å²) < 4.78 is 1.83. The van der Waals surface area contributed by atoms with Crippen molar-refractivity contribution in [3.63, 3.8) is 0 Å². The van der Waals surface area contributed by atoms with Crippen LogP contribution in [0.3, 0.4) is 0 Å². The number of hydrogen-bond donors (Lipinski definition) is 1. The maximum Gasteiger partial charge on any atom is 0.293 e. The van der Waals surface area contributed by atoms with E-state index < -0.39 is 0 Å². The van der Waals surface area contributed by atoms with Crippen LogP contribution in [0.2, 0.25) is 0 Å². The monoisotopic (exact) mass is 312 g/mol. The Morgan fingerprint density at radius 3 is 2.43 bits per heavy atom. The van der Waals surface area contributed by atoms with Gasteiger partial charge in [-0.25, -0.2) is 9.97 Å². The highest BCUT2D eigenvalue weighted by Gasteiger charge is 2.27. The van der Waals surface area contributed by atoms with E-state index in [0.717, 1.165) is 44.7 Å². The summed E-state index contributed by atoms with van der Waals surface area (Å²) in [5.74, 6) is 1.11. The van der Waals surface area contributed by atoms with Crippen molar-refractivity contribution in [3.05, 3.63) is 41.1 Å². The molecule has 23 heavy (non-hydrogen) atoms. The molecule has 3 heterocycles. The molecule has 0 radical (unpaired) electrons. The van der Waals surface area contributed by atoms with Crippen LogP contribution >= 0.6 is 0 Å². The number of nitrogens with zero attached hydrogens (tertiary/aromatic N) is 5. The predicted molar refractivity (Wildman–Crippen MR) is 89.8 cm³/mol. The molecule has 2 N–H and O–H groups in total. The lowest BCUT2D eigenvalue weighted by atomic mass is 10.2. The Morgan fingerprint density at radius 2 is 1.78 bits per heavy atom. The lowest BCUT2D eigenvalue weighted by molar-refractivity contribution is 0.628. The van der Waals surface area contributed by atoms with Crippen molar-refractivity contribution in [2.45, 2.75) is 18.9 Å². The molecule has 2 aromatic rings. The Balaban J connectivity index is 1.48. The second-order valence-electron chi connectivity index (χ2n) is 6.11. The van der Waals surface area contributed by atoms with Crippen molar-refractivity contribution in [2.24, 2.45) is 0 Å². The molecule has 1 aliphatic carbocycles. The predicted octanol–water partition coefficient (Wildman–Crippen LogP) is 0.882. The number of nitrogens with two attached hydrogens (primary N) is 1. The Hall–Kier alpha value is -2.57. The fraction of sp³-hybridized carbons (Fsp3) is 0.438. The zero-order valence-electron chi connectivity index (χ0n) is 12.9. The second kappa shape index (κ2) is 5.57. The molecule has 2 aromatic heterocycles. The van der Waals surface area contributed by atoms with Gasteiger partial charge in [0.2, 0.25) is 0 Å². The van der Waals surface area contributed by atoms with Gasteiger partial charge in [0, 0.05) is 44.6 Å². The summed E-state index contributed by atoms with van der Waals surface area (Å²) in [4.78, 5) is 25.4. The first kappa shape index (κ1) is 14.0. The topological polar surface area (TPSA) is 80.3 Å². The first-order valence-corrected chi connectivity index (χ1v) is 8.01. The van der Waals surface area contributed by atoms with Gasteiger partial charge in [-0.3, -0.25) is 4.79 Å². The highest BCUT2D eigenvalue weighted by atomic mass is 16.1. The summed E-state index contributed by atoms with van der Waals surface area (Å²) in [5, 5.41) is 0. The molecule has 1 saturated carbocycles. The summed E-state index contributed by atoms with van der Waals surface area (Å²) in [7, 11) is 0. The maximum absolute atomic E-state index is 12.6. The molecule has 7 nitrogen and oxygen atoms in total. The van der Waals surface area contributed by atoms with Gasteiger partial charge in [-0.1, -0.05) is 0 Å². The van der Waals surface area contributed by atoms with E-state index in [0.29, 0.717) is 17.7 Å². The molecule has 2 fully saturated rings. The van der Waals surface area contributed by atoms with Crippen LogP contribution in [0.15, 0.2) is 35.5 Å². The van der Waals surface area contributed by atoms with Crippen molar-refractivity contribution >= 4 is 17.3 Å². The molecule has 0 unspecified atom stereocenters. The molecular weight excluding hydrogens is 292 g/mol. The first-order chi connectivity index (χ1) is 11.2. The Bertz CT molecular complexity index is 744. The minimum absolute atomic E-state index is 0.0394. The molecule has 0 spiro atoms. The third kappa shape index (κ3) is 2.74. The molecule has 2 aliphatic rings. The minimum atomic E-state index is 0.0394. The van der Waals surface area contributed by atoms with E-state index in [9.17, 15) is 4.79 Å². The molecule has 1 aliphatic heterocycles. The van der Waals surface area contributed by atoms with Crippen molar-refractivity contribution in [3.8, 4) is 0 Å². The summed E-state index contributed by atoms with van der Waals surface area (Å²) in [6.45, 7) is 3.23.